The highest BCUT2D eigenvalue weighted by atomic mass is 16.4. The Labute approximate surface area is 149 Å². The highest BCUT2D eigenvalue weighted by Gasteiger charge is 2.18. The topological polar surface area (TPSA) is 219 Å². The molecule has 0 rings (SSSR count). The maximum Gasteiger partial charge on any atom is 0.326 e. The molecular weight excluding hydrogens is 352 g/mol. The number of aliphatic carboxylic acids is 2. The van der Waals surface area contributed by atoms with Crippen LogP contribution in [0.3, 0.4) is 0 Å². The van der Waals surface area contributed by atoms with Gasteiger partial charge in [0.15, 0.2) is 0 Å². The van der Waals surface area contributed by atoms with Crippen LogP contribution in [0.1, 0.15) is 39.5 Å². The Morgan fingerprint density at radius 1 is 0.885 bits per heavy atom. The van der Waals surface area contributed by atoms with E-state index in [9.17, 15) is 28.8 Å². The van der Waals surface area contributed by atoms with Crippen molar-refractivity contribution in [2.24, 2.45) is 11.5 Å². The number of primary amides is 1. The van der Waals surface area contributed by atoms with E-state index >= 15 is 0 Å². The zero-order valence-corrected chi connectivity index (χ0v) is 14.5. The van der Waals surface area contributed by atoms with Gasteiger partial charge in [0.05, 0.1) is 0 Å². The van der Waals surface area contributed by atoms with Crippen LogP contribution in [0.5, 0.6) is 0 Å². The maximum atomic E-state index is 10.8. The summed E-state index contributed by atoms with van der Waals surface area (Å²) in [6, 6.07) is -2.09. The Balaban J connectivity index is 0. The van der Waals surface area contributed by atoms with Crippen molar-refractivity contribution in [3.63, 3.8) is 0 Å². The molecule has 0 aromatic carbocycles. The van der Waals surface area contributed by atoms with Crippen molar-refractivity contribution in [3.8, 4) is 0 Å². The highest BCUT2D eigenvalue weighted by molar-refractivity contribution is 5.94. The van der Waals surface area contributed by atoms with E-state index < -0.39 is 47.7 Å². The smallest absolute Gasteiger partial charge is 0.326 e. The highest BCUT2D eigenvalue weighted by Crippen LogP contribution is 1.97. The summed E-state index contributed by atoms with van der Waals surface area (Å²) in [5, 5.41) is 21.1. The predicted octanol–water partition coefficient (Wildman–Crippen LogP) is -2.32. The van der Waals surface area contributed by atoms with Crippen LogP contribution in [0.25, 0.3) is 0 Å². The van der Waals surface area contributed by atoms with Gasteiger partial charge in [-0.2, -0.15) is 0 Å². The number of carboxylic acids is 2. The van der Waals surface area contributed by atoms with Crippen LogP contribution in [-0.4, -0.2) is 57.9 Å². The van der Waals surface area contributed by atoms with Crippen LogP contribution < -0.4 is 22.1 Å². The van der Waals surface area contributed by atoms with Gasteiger partial charge in [0.25, 0.3) is 0 Å². The van der Waals surface area contributed by atoms with Crippen LogP contribution >= 0.6 is 0 Å². The largest absolute Gasteiger partial charge is 0.480 e. The molecular formula is C14H24N4O8. The Kier molecular flexibility index (Phi) is 12.9. The summed E-state index contributed by atoms with van der Waals surface area (Å²) in [7, 11) is 0. The van der Waals surface area contributed by atoms with Gasteiger partial charge in [0.1, 0.15) is 12.1 Å². The van der Waals surface area contributed by atoms with E-state index in [4.69, 9.17) is 21.7 Å². The van der Waals surface area contributed by atoms with Crippen LogP contribution in [-0.2, 0) is 28.8 Å². The maximum absolute atomic E-state index is 10.8. The van der Waals surface area contributed by atoms with E-state index in [1.807, 2.05) is 5.32 Å². The first-order valence-electron chi connectivity index (χ1n) is 7.43. The Hall–Kier alpha value is -3.02. The fraction of sp³-hybridized carbons (Fsp3) is 0.571. The number of nitrogens with two attached hydrogens (primary N) is 2. The fourth-order valence-corrected chi connectivity index (χ4v) is 1.46. The third-order valence-electron chi connectivity index (χ3n) is 2.67. The van der Waals surface area contributed by atoms with Crippen LogP contribution in [0.4, 0.5) is 0 Å². The first kappa shape index (κ1) is 25.2. The third kappa shape index (κ3) is 15.9. The SMILES string of the molecule is CC(=O)NC(=O)CC[C@H](N)C(=O)O.CC(=O)N[C@@H](CCC(N)=O)C(=O)O. The third-order valence-corrected chi connectivity index (χ3v) is 2.67. The molecule has 4 amide bonds. The molecule has 0 saturated heterocycles. The molecule has 148 valence electrons. The van der Waals surface area contributed by atoms with Crippen molar-refractivity contribution in [2.75, 3.05) is 0 Å². The molecule has 0 spiro atoms. The molecule has 0 heterocycles. The lowest BCUT2D eigenvalue weighted by Gasteiger charge is -2.11. The Bertz CT molecular complexity index is 549. The van der Waals surface area contributed by atoms with E-state index in [0.717, 1.165) is 0 Å². The fourth-order valence-electron chi connectivity index (χ4n) is 1.46. The Morgan fingerprint density at radius 3 is 1.77 bits per heavy atom. The molecule has 0 aliphatic rings. The zero-order chi connectivity index (χ0) is 20.9. The zero-order valence-electron chi connectivity index (χ0n) is 14.5. The number of carbonyl (C=O) groups is 6. The molecule has 0 unspecified atom stereocenters. The monoisotopic (exact) mass is 376 g/mol. The lowest BCUT2D eigenvalue weighted by Crippen LogP contribution is -2.40. The number of carbonyl (C=O) groups excluding carboxylic acids is 4. The number of nitrogens with one attached hydrogen (secondary N) is 2. The minimum absolute atomic E-state index is 0.0181. The molecule has 0 aromatic rings. The van der Waals surface area contributed by atoms with Gasteiger partial charge in [-0.25, -0.2) is 4.79 Å². The van der Waals surface area contributed by atoms with Gasteiger partial charge >= 0.3 is 11.9 Å². The van der Waals surface area contributed by atoms with Crippen molar-refractivity contribution in [1.29, 1.82) is 0 Å². The summed E-state index contributed by atoms with van der Waals surface area (Å²) >= 11 is 0. The average molecular weight is 376 g/mol. The minimum Gasteiger partial charge on any atom is -0.480 e. The lowest BCUT2D eigenvalue weighted by molar-refractivity contribution is -0.142. The van der Waals surface area contributed by atoms with Crippen molar-refractivity contribution in [2.45, 2.75) is 51.6 Å². The molecule has 8 N–H and O–H groups in total. The van der Waals surface area contributed by atoms with E-state index in [2.05, 4.69) is 5.32 Å². The van der Waals surface area contributed by atoms with Gasteiger partial charge in [0.2, 0.25) is 23.6 Å². The average Bonchev–Trinajstić information content (AvgIpc) is 2.48. The second kappa shape index (κ2) is 13.3. The summed E-state index contributed by atoms with van der Waals surface area (Å²) in [4.78, 5) is 62.7. The normalized spacial score (nSPS) is 11.8. The molecule has 0 aromatic heterocycles. The number of amides is 4. The molecule has 26 heavy (non-hydrogen) atoms. The van der Waals surface area contributed by atoms with Crippen molar-refractivity contribution < 1.29 is 39.0 Å². The molecule has 0 fully saturated rings. The molecule has 12 nitrogen and oxygen atoms in total. The molecule has 0 radical (unpaired) electrons. The predicted molar refractivity (Wildman–Crippen MR) is 87.3 cm³/mol. The first-order valence-corrected chi connectivity index (χ1v) is 7.43. The van der Waals surface area contributed by atoms with E-state index in [1.165, 1.54) is 13.8 Å². The number of carboxylic acid groups (broad SMARTS) is 2. The number of hydrogen-bond acceptors (Lipinski definition) is 7. The number of imide groups is 1. The summed E-state index contributed by atoms with van der Waals surface area (Å²) in [6.45, 7) is 2.41. The van der Waals surface area contributed by atoms with Gasteiger partial charge in [0, 0.05) is 26.7 Å². The van der Waals surface area contributed by atoms with E-state index in [-0.39, 0.29) is 25.7 Å². The van der Waals surface area contributed by atoms with Crippen molar-refractivity contribution in [1.82, 2.24) is 10.6 Å². The summed E-state index contributed by atoms with van der Waals surface area (Å²) < 4.78 is 0. The Morgan fingerprint density at radius 2 is 1.42 bits per heavy atom. The second-order valence-corrected chi connectivity index (χ2v) is 5.18. The number of hydrogen-bond donors (Lipinski definition) is 6. The van der Waals surface area contributed by atoms with Crippen LogP contribution in [0, 0.1) is 0 Å². The first-order chi connectivity index (χ1) is 11.9. The van der Waals surface area contributed by atoms with Crippen LogP contribution in [0.15, 0.2) is 0 Å². The lowest BCUT2D eigenvalue weighted by atomic mass is 10.1. The standard InChI is InChI=1S/2C7H12N2O4/c1-4(10)9-5(7(12)13)2-3-6(8)11;1-4(10)9-6(11)3-2-5(8)7(12)13/h5H,2-3H2,1H3,(H2,8,11)(H,9,10)(H,12,13);5H,2-3,8H2,1H3,(H,12,13)(H,9,10,11)/t2*5-/m00/s1. The van der Waals surface area contributed by atoms with Gasteiger partial charge in [-0.3, -0.25) is 29.3 Å². The van der Waals surface area contributed by atoms with Crippen LogP contribution in [0.2, 0.25) is 0 Å². The van der Waals surface area contributed by atoms with Gasteiger partial charge in [-0.15, -0.1) is 0 Å². The summed E-state index contributed by atoms with van der Waals surface area (Å²) in [5.41, 5.74) is 9.96. The second-order valence-electron chi connectivity index (χ2n) is 5.18. The molecule has 12 heteroatoms. The van der Waals surface area contributed by atoms with Gasteiger partial charge < -0.3 is 27.0 Å². The van der Waals surface area contributed by atoms with Crippen molar-refractivity contribution >= 4 is 35.6 Å². The molecule has 0 aliphatic carbocycles. The quantitative estimate of drug-likeness (QED) is 0.254. The molecule has 0 bridgehead atoms. The van der Waals surface area contributed by atoms with E-state index in [0.29, 0.717) is 0 Å². The summed E-state index contributed by atoms with van der Waals surface area (Å²) in [6.07, 6.45) is -0.0804. The van der Waals surface area contributed by atoms with Gasteiger partial charge in [-0.05, 0) is 12.8 Å². The molecule has 0 saturated carbocycles. The molecule has 0 aliphatic heterocycles. The van der Waals surface area contributed by atoms with Crippen molar-refractivity contribution in [3.05, 3.63) is 0 Å². The number of rotatable bonds is 9. The summed E-state index contributed by atoms with van der Waals surface area (Å²) in [5.74, 6) is -4.33. The van der Waals surface area contributed by atoms with Gasteiger partial charge in [-0.1, -0.05) is 0 Å². The molecule has 2 atom stereocenters. The van der Waals surface area contributed by atoms with E-state index in [1.54, 1.807) is 0 Å². The minimum atomic E-state index is -1.17.